The molecule has 0 aliphatic carbocycles. The molecule has 3 aromatic carbocycles. The zero-order valence-corrected chi connectivity index (χ0v) is 19.5. The molecule has 0 aliphatic heterocycles. The van der Waals surface area contributed by atoms with E-state index in [-0.39, 0.29) is 11.4 Å². The maximum absolute atomic E-state index is 13.5. The van der Waals surface area contributed by atoms with E-state index in [0.29, 0.717) is 16.5 Å². The Kier molecular flexibility index (Phi) is 7.46. The number of nitrogens with zero attached hydrogens (tertiary/aromatic N) is 2. The molecule has 0 unspecified atom stereocenters. The van der Waals surface area contributed by atoms with Gasteiger partial charge in [0, 0.05) is 23.8 Å². The van der Waals surface area contributed by atoms with Gasteiger partial charge in [0.2, 0.25) is 0 Å². The topological polar surface area (TPSA) is 49.9 Å². The molecular formula is C24H27ClN2O3S. The number of methoxy groups -OCH3 is 1. The number of rotatable bonds is 9. The lowest BCUT2D eigenvalue weighted by molar-refractivity contribution is 0.414. The second kappa shape index (κ2) is 10.1. The minimum Gasteiger partial charge on any atom is -0.497 e. The zero-order chi connectivity index (χ0) is 22.4. The molecular weight excluding hydrogens is 432 g/mol. The van der Waals surface area contributed by atoms with Crippen LogP contribution in [0, 0.1) is 0 Å². The highest BCUT2D eigenvalue weighted by atomic mass is 35.5. The SMILES string of the molecule is CCN(CC)c1ccc(CN(c2ccc(Cl)cc2)S(=O)(=O)c2ccc(OC)cc2)cc1. The predicted octanol–water partition coefficient (Wildman–Crippen LogP) is 5.59. The minimum atomic E-state index is -3.80. The summed E-state index contributed by atoms with van der Waals surface area (Å²) in [5.74, 6) is 0.601. The first kappa shape index (κ1) is 23.0. The van der Waals surface area contributed by atoms with Crippen molar-refractivity contribution in [2.75, 3.05) is 29.4 Å². The van der Waals surface area contributed by atoms with Gasteiger partial charge in [-0.1, -0.05) is 23.7 Å². The van der Waals surface area contributed by atoms with Crippen LogP contribution in [0.1, 0.15) is 19.4 Å². The third-order valence-corrected chi connectivity index (χ3v) is 7.19. The lowest BCUT2D eigenvalue weighted by Gasteiger charge is -2.26. The Balaban J connectivity index is 1.97. The molecule has 164 valence electrons. The van der Waals surface area contributed by atoms with E-state index in [1.165, 1.54) is 4.31 Å². The third kappa shape index (κ3) is 5.32. The molecule has 3 rings (SSSR count). The van der Waals surface area contributed by atoms with Gasteiger partial charge in [-0.3, -0.25) is 4.31 Å². The van der Waals surface area contributed by atoms with E-state index in [4.69, 9.17) is 16.3 Å². The molecule has 0 N–H and O–H groups in total. The van der Waals surface area contributed by atoms with Crippen molar-refractivity contribution in [1.29, 1.82) is 0 Å². The van der Waals surface area contributed by atoms with Gasteiger partial charge in [0.05, 0.1) is 24.2 Å². The molecule has 0 atom stereocenters. The van der Waals surface area contributed by atoms with Gasteiger partial charge in [0.1, 0.15) is 5.75 Å². The van der Waals surface area contributed by atoms with Gasteiger partial charge < -0.3 is 9.64 Å². The van der Waals surface area contributed by atoms with Crippen LogP contribution in [0.25, 0.3) is 0 Å². The summed E-state index contributed by atoms with van der Waals surface area (Å²) in [5.41, 5.74) is 2.56. The third-order valence-electron chi connectivity index (χ3n) is 5.15. The van der Waals surface area contributed by atoms with Crippen molar-refractivity contribution >= 4 is 33.0 Å². The van der Waals surface area contributed by atoms with Gasteiger partial charge in [0.25, 0.3) is 10.0 Å². The highest BCUT2D eigenvalue weighted by molar-refractivity contribution is 7.92. The van der Waals surface area contributed by atoms with Crippen molar-refractivity contribution in [3.63, 3.8) is 0 Å². The molecule has 0 saturated carbocycles. The molecule has 0 fully saturated rings. The molecule has 0 aromatic heterocycles. The molecule has 0 aliphatic rings. The van der Waals surface area contributed by atoms with Crippen LogP contribution >= 0.6 is 11.6 Å². The van der Waals surface area contributed by atoms with Crippen LogP contribution in [0.15, 0.2) is 77.7 Å². The van der Waals surface area contributed by atoms with Gasteiger partial charge in [-0.15, -0.1) is 0 Å². The average molecular weight is 459 g/mol. The van der Waals surface area contributed by atoms with Crippen molar-refractivity contribution in [3.05, 3.63) is 83.4 Å². The summed E-state index contributed by atoms with van der Waals surface area (Å²) in [5, 5.41) is 0.550. The Morgan fingerprint density at radius 1 is 0.806 bits per heavy atom. The Bertz CT molecular complexity index is 1080. The fourth-order valence-corrected chi connectivity index (χ4v) is 4.94. The van der Waals surface area contributed by atoms with E-state index < -0.39 is 10.0 Å². The van der Waals surface area contributed by atoms with E-state index >= 15 is 0 Å². The molecule has 0 heterocycles. The average Bonchev–Trinajstić information content (AvgIpc) is 2.80. The summed E-state index contributed by atoms with van der Waals surface area (Å²) < 4.78 is 33.6. The largest absolute Gasteiger partial charge is 0.497 e. The van der Waals surface area contributed by atoms with E-state index in [1.54, 1.807) is 55.6 Å². The number of ether oxygens (including phenoxy) is 1. The normalized spacial score (nSPS) is 11.2. The Hall–Kier alpha value is -2.70. The molecule has 0 saturated heterocycles. The number of sulfonamides is 1. The molecule has 31 heavy (non-hydrogen) atoms. The summed E-state index contributed by atoms with van der Waals surface area (Å²) in [6, 6.07) is 21.2. The molecule has 5 nitrogen and oxygen atoms in total. The van der Waals surface area contributed by atoms with Crippen LogP contribution in [0.4, 0.5) is 11.4 Å². The van der Waals surface area contributed by atoms with Gasteiger partial charge in [-0.2, -0.15) is 0 Å². The van der Waals surface area contributed by atoms with E-state index in [9.17, 15) is 8.42 Å². The van der Waals surface area contributed by atoms with E-state index in [2.05, 4.69) is 18.7 Å². The van der Waals surface area contributed by atoms with Crippen molar-refractivity contribution in [2.24, 2.45) is 0 Å². The van der Waals surface area contributed by atoms with Crippen molar-refractivity contribution in [1.82, 2.24) is 0 Å². The van der Waals surface area contributed by atoms with Crippen LogP contribution < -0.4 is 13.9 Å². The van der Waals surface area contributed by atoms with E-state index in [0.717, 1.165) is 24.3 Å². The Morgan fingerprint density at radius 3 is 1.87 bits per heavy atom. The highest BCUT2D eigenvalue weighted by Gasteiger charge is 2.25. The fraction of sp³-hybridized carbons (Fsp3) is 0.250. The van der Waals surface area contributed by atoms with Gasteiger partial charge in [-0.25, -0.2) is 8.42 Å². The number of anilines is 2. The van der Waals surface area contributed by atoms with Crippen LogP contribution in [-0.2, 0) is 16.6 Å². The quantitative estimate of drug-likeness (QED) is 0.419. The monoisotopic (exact) mass is 458 g/mol. The maximum atomic E-state index is 13.5. The first-order valence-corrected chi connectivity index (χ1v) is 12.0. The number of hydrogen-bond donors (Lipinski definition) is 0. The molecule has 3 aromatic rings. The van der Waals surface area contributed by atoms with Gasteiger partial charge in [0.15, 0.2) is 0 Å². The van der Waals surface area contributed by atoms with Gasteiger partial charge >= 0.3 is 0 Å². The van der Waals surface area contributed by atoms with Crippen LogP contribution in [0.5, 0.6) is 5.75 Å². The van der Waals surface area contributed by atoms with Crippen molar-refractivity contribution in [3.8, 4) is 5.75 Å². The number of benzene rings is 3. The zero-order valence-electron chi connectivity index (χ0n) is 18.0. The second-order valence-electron chi connectivity index (χ2n) is 7.00. The second-order valence-corrected chi connectivity index (χ2v) is 9.30. The molecule has 0 amide bonds. The Morgan fingerprint density at radius 2 is 1.35 bits per heavy atom. The Labute approximate surface area is 189 Å². The summed E-state index contributed by atoms with van der Waals surface area (Å²) in [7, 11) is -2.25. The number of halogens is 1. The molecule has 0 spiro atoms. The summed E-state index contributed by atoms with van der Waals surface area (Å²) in [6.45, 7) is 6.26. The maximum Gasteiger partial charge on any atom is 0.264 e. The predicted molar refractivity (Wildman–Crippen MR) is 128 cm³/mol. The molecule has 0 bridgehead atoms. The summed E-state index contributed by atoms with van der Waals surface area (Å²) in [4.78, 5) is 2.44. The van der Waals surface area contributed by atoms with Crippen molar-refractivity contribution in [2.45, 2.75) is 25.3 Å². The summed E-state index contributed by atoms with van der Waals surface area (Å²) in [6.07, 6.45) is 0. The standard InChI is InChI=1S/C24H27ClN2O3S/c1-4-26(5-2)21-10-6-19(7-11-21)18-27(22-12-8-20(25)9-13-22)31(28,29)24-16-14-23(30-3)15-17-24/h6-17H,4-5,18H2,1-3H3. The summed E-state index contributed by atoms with van der Waals surface area (Å²) >= 11 is 6.03. The van der Waals surface area contributed by atoms with Crippen LogP contribution in [-0.4, -0.2) is 28.6 Å². The smallest absolute Gasteiger partial charge is 0.264 e. The van der Waals surface area contributed by atoms with Gasteiger partial charge in [-0.05, 0) is 80.1 Å². The highest BCUT2D eigenvalue weighted by Crippen LogP contribution is 2.28. The minimum absolute atomic E-state index is 0.197. The van der Waals surface area contributed by atoms with Crippen LogP contribution in [0.3, 0.4) is 0 Å². The van der Waals surface area contributed by atoms with Crippen molar-refractivity contribution < 1.29 is 13.2 Å². The molecule has 7 heteroatoms. The fourth-order valence-electron chi connectivity index (χ4n) is 3.36. The number of hydrogen-bond acceptors (Lipinski definition) is 4. The lowest BCUT2D eigenvalue weighted by atomic mass is 10.2. The first-order chi connectivity index (χ1) is 14.9. The van der Waals surface area contributed by atoms with Crippen LogP contribution in [0.2, 0.25) is 5.02 Å². The van der Waals surface area contributed by atoms with E-state index in [1.807, 2.05) is 24.3 Å². The lowest BCUT2D eigenvalue weighted by Crippen LogP contribution is -2.30. The molecule has 0 radical (unpaired) electrons. The first-order valence-electron chi connectivity index (χ1n) is 10.1.